The molecule has 1 heterocycles. The molecule has 0 spiro atoms. The number of hydrogen-bond acceptors (Lipinski definition) is 3. The monoisotopic (exact) mass is 254 g/mol. The Morgan fingerprint density at radius 2 is 2.17 bits per heavy atom. The molecule has 2 fully saturated rings. The average molecular weight is 254 g/mol. The zero-order valence-corrected chi connectivity index (χ0v) is 12.2. The smallest absolute Gasteiger partial charge is 0.0710 e. The minimum absolute atomic E-state index is 0.489. The Morgan fingerprint density at radius 1 is 1.28 bits per heavy atom. The Balaban J connectivity index is 1.66. The van der Waals surface area contributed by atoms with Gasteiger partial charge in [-0.2, -0.15) is 0 Å². The maximum Gasteiger partial charge on any atom is 0.0710 e. The highest BCUT2D eigenvalue weighted by Crippen LogP contribution is 2.29. The van der Waals surface area contributed by atoms with Crippen LogP contribution in [0.5, 0.6) is 0 Å². The second-order valence-corrected chi connectivity index (χ2v) is 5.99. The molecule has 0 amide bonds. The summed E-state index contributed by atoms with van der Waals surface area (Å²) in [6.45, 7) is 7.10. The summed E-state index contributed by atoms with van der Waals surface area (Å²) in [5, 5.41) is 3.73. The quantitative estimate of drug-likeness (QED) is 0.754. The predicted octanol–water partition coefficient (Wildman–Crippen LogP) is 2.27. The standard InChI is InChI=1S/C15H30N2O/c1-3-9-16-15-6-4-5-13(15)7-10-17-11-8-14(12-17)18-2/h13-16H,3-12H2,1-2H3. The van der Waals surface area contributed by atoms with E-state index in [2.05, 4.69) is 17.1 Å². The molecule has 18 heavy (non-hydrogen) atoms. The molecule has 0 radical (unpaired) electrons. The Labute approximate surface area is 112 Å². The van der Waals surface area contributed by atoms with Crippen molar-refractivity contribution in [3.8, 4) is 0 Å². The lowest BCUT2D eigenvalue weighted by atomic mass is 9.99. The van der Waals surface area contributed by atoms with Crippen molar-refractivity contribution in [3.05, 3.63) is 0 Å². The van der Waals surface area contributed by atoms with Gasteiger partial charge in [0.05, 0.1) is 6.10 Å². The van der Waals surface area contributed by atoms with E-state index in [0.717, 1.165) is 18.5 Å². The number of nitrogens with one attached hydrogen (secondary N) is 1. The summed E-state index contributed by atoms with van der Waals surface area (Å²) < 4.78 is 5.43. The van der Waals surface area contributed by atoms with Gasteiger partial charge in [-0.05, 0) is 51.1 Å². The van der Waals surface area contributed by atoms with Crippen molar-refractivity contribution in [1.82, 2.24) is 10.2 Å². The van der Waals surface area contributed by atoms with Crippen LogP contribution in [0.15, 0.2) is 0 Å². The van der Waals surface area contributed by atoms with E-state index in [-0.39, 0.29) is 0 Å². The van der Waals surface area contributed by atoms with Crippen LogP contribution in [0.3, 0.4) is 0 Å². The third-order valence-corrected chi connectivity index (χ3v) is 4.69. The maximum atomic E-state index is 5.43. The van der Waals surface area contributed by atoms with E-state index < -0.39 is 0 Å². The van der Waals surface area contributed by atoms with E-state index in [1.165, 1.54) is 58.2 Å². The highest BCUT2D eigenvalue weighted by atomic mass is 16.5. The summed E-state index contributed by atoms with van der Waals surface area (Å²) in [6.07, 6.45) is 8.59. The van der Waals surface area contributed by atoms with Crippen LogP contribution >= 0.6 is 0 Å². The summed E-state index contributed by atoms with van der Waals surface area (Å²) in [6, 6.07) is 0.797. The lowest BCUT2D eigenvalue weighted by molar-refractivity contribution is 0.107. The fourth-order valence-corrected chi connectivity index (χ4v) is 3.52. The lowest BCUT2D eigenvalue weighted by Crippen LogP contribution is -2.35. The largest absolute Gasteiger partial charge is 0.380 e. The fraction of sp³-hybridized carbons (Fsp3) is 1.00. The average Bonchev–Trinajstić information content (AvgIpc) is 3.02. The van der Waals surface area contributed by atoms with Crippen molar-refractivity contribution < 1.29 is 4.74 Å². The van der Waals surface area contributed by atoms with E-state index in [4.69, 9.17) is 4.74 Å². The molecule has 1 aliphatic carbocycles. The van der Waals surface area contributed by atoms with E-state index in [1.807, 2.05) is 7.11 Å². The van der Waals surface area contributed by atoms with Gasteiger partial charge in [-0.25, -0.2) is 0 Å². The van der Waals surface area contributed by atoms with Crippen LogP contribution in [-0.2, 0) is 4.74 Å². The van der Waals surface area contributed by atoms with E-state index >= 15 is 0 Å². The predicted molar refractivity (Wildman–Crippen MR) is 75.9 cm³/mol. The normalized spacial score (nSPS) is 33.3. The van der Waals surface area contributed by atoms with Crippen LogP contribution in [0.2, 0.25) is 0 Å². The molecule has 2 rings (SSSR count). The minimum Gasteiger partial charge on any atom is -0.380 e. The number of rotatable bonds is 7. The Hall–Kier alpha value is -0.120. The Bertz CT molecular complexity index is 235. The van der Waals surface area contributed by atoms with Crippen LogP contribution in [0, 0.1) is 5.92 Å². The van der Waals surface area contributed by atoms with Gasteiger partial charge in [-0.15, -0.1) is 0 Å². The molecule has 3 nitrogen and oxygen atoms in total. The summed E-state index contributed by atoms with van der Waals surface area (Å²) in [7, 11) is 1.84. The molecular formula is C15H30N2O. The van der Waals surface area contributed by atoms with Crippen molar-refractivity contribution in [1.29, 1.82) is 0 Å². The second kappa shape index (κ2) is 7.46. The van der Waals surface area contributed by atoms with E-state index in [0.29, 0.717) is 6.10 Å². The molecule has 0 bridgehead atoms. The molecule has 1 saturated heterocycles. The highest BCUT2D eigenvalue weighted by molar-refractivity contribution is 4.85. The summed E-state index contributed by atoms with van der Waals surface area (Å²) >= 11 is 0. The van der Waals surface area contributed by atoms with Crippen molar-refractivity contribution in [2.45, 2.75) is 57.6 Å². The fourth-order valence-electron chi connectivity index (χ4n) is 3.52. The number of hydrogen-bond donors (Lipinski definition) is 1. The molecule has 0 aromatic rings. The zero-order chi connectivity index (χ0) is 12.8. The first kappa shape index (κ1) is 14.3. The molecule has 106 valence electrons. The lowest BCUT2D eigenvalue weighted by Gasteiger charge is -2.23. The Kier molecular flexibility index (Phi) is 5.93. The maximum absolute atomic E-state index is 5.43. The zero-order valence-electron chi connectivity index (χ0n) is 12.2. The molecule has 2 aliphatic rings. The number of methoxy groups -OCH3 is 1. The van der Waals surface area contributed by atoms with Crippen molar-refractivity contribution >= 4 is 0 Å². The molecule has 1 saturated carbocycles. The van der Waals surface area contributed by atoms with Crippen molar-refractivity contribution in [2.24, 2.45) is 5.92 Å². The van der Waals surface area contributed by atoms with Gasteiger partial charge in [0.1, 0.15) is 0 Å². The second-order valence-electron chi connectivity index (χ2n) is 5.99. The first-order valence-corrected chi connectivity index (χ1v) is 7.82. The molecule has 3 atom stereocenters. The van der Waals surface area contributed by atoms with Crippen LogP contribution < -0.4 is 5.32 Å². The molecule has 0 aromatic heterocycles. The van der Waals surface area contributed by atoms with Gasteiger partial charge < -0.3 is 15.0 Å². The van der Waals surface area contributed by atoms with E-state index in [1.54, 1.807) is 0 Å². The van der Waals surface area contributed by atoms with Crippen LogP contribution in [0.4, 0.5) is 0 Å². The van der Waals surface area contributed by atoms with Gasteiger partial charge in [0.25, 0.3) is 0 Å². The summed E-state index contributed by atoms with van der Waals surface area (Å²) in [5.41, 5.74) is 0. The molecule has 3 unspecified atom stereocenters. The van der Waals surface area contributed by atoms with Crippen molar-refractivity contribution in [3.63, 3.8) is 0 Å². The molecule has 1 aliphatic heterocycles. The number of nitrogens with zero attached hydrogens (tertiary/aromatic N) is 1. The number of likely N-dealkylation sites (tertiary alicyclic amines) is 1. The van der Waals surface area contributed by atoms with Gasteiger partial charge in [0.15, 0.2) is 0 Å². The summed E-state index contributed by atoms with van der Waals surface area (Å²) in [4.78, 5) is 2.59. The Morgan fingerprint density at radius 3 is 2.89 bits per heavy atom. The van der Waals surface area contributed by atoms with Crippen LogP contribution in [0.25, 0.3) is 0 Å². The molecule has 3 heteroatoms. The first-order chi connectivity index (χ1) is 8.83. The first-order valence-electron chi connectivity index (χ1n) is 7.82. The SMILES string of the molecule is CCCNC1CCCC1CCN1CCC(OC)C1. The third-order valence-electron chi connectivity index (χ3n) is 4.69. The van der Waals surface area contributed by atoms with Gasteiger partial charge in [0.2, 0.25) is 0 Å². The third kappa shape index (κ3) is 3.94. The van der Waals surface area contributed by atoms with Gasteiger partial charge in [0, 0.05) is 26.2 Å². The summed E-state index contributed by atoms with van der Waals surface area (Å²) in [5.74, 6) is 0.915. The molecule has 1 N–H and O–H groups in total. The van der Waals surface area contributed by atoms with Crippen LogP contribution in [-0.4, -0.2) is 50.3 Å². The minimum atomic E-state index is 0.489. The van der Waals surface area contributed by atoms with Gasteiger partial charge in [-0.1, -0.05) is 13.3 Å². The number of ether oxygens (including phenoxy) is 1. The van der Waals surface area contributed by atoms with Gasteiger partial charge in [-0.3, -0.25) is 0 Å². The highest BCUT2D eigenvalue weighted by Gasteiger charge is 2.28. The van der Waals surface area contributed by atoms with Gasteiger partial charge >= 0.3 is 0 Å². The topological polar surface area (TPSA) is 24.5 Å². The van der Waals surface area contributed by atoms with Crippen LogP contribution in [0.1, 0.15) is 45.4 Å². The van der Waals surface area contributed by atoms with Crippen molar-refractivity contribution in [2.75, 3.05) is 33.3 Å². The van der Waals surface area contributed by atoms with E-state index in [9.17, 15) is 0 Å². The molecule has 0 aromatic carbocycles. The molecular weight excluding hydrogens is 224 g/mol.